The second-order valence-corrected chi connectivity index (χ2v) is 6.18. The van der Waals surface area contributed by atoms with E-state index in [1.54, 1.807) is 0 Å². The van der Waals surface area contributed by atoms with Gasteiger partial charge in [-0.25, -0.2) is 0 Å². The Morgan fingerprint density at radius 2 is 1.58 bits per heavy atom. The number of halogens is 3. The van der Waals surface area contributed by atoms with Gasteiger partial charge in [0.1, 0.15) is 0 Å². The molecule has 0 amide bonds. The predicted molar refractivity (Wildman–Crippen MR) is 87.4 cm³/mol. The highest BCUT2D eigenvalue weighted by Gasteiger charge is 2.41. The highest BCUT2D eigenvalue weighted by molar-refractivity contribution is 6.03. The Balaban J connectivity index is 1.57. The molecule has 1 fully saturated rings. The Hall–Kier alpha value is -2.38. The average Bonchev–Trinajstić information content (AvgIpc) is 2.93. The fraction of sp³-hybridized carbons (Fsp3) is 0.316. The largest absolute Gasteiger partial charge is 0.416 e. The first-order chi connectivity index (χ1) is 12.5. The number of hydrogen-bond donors (Lipinski definition) is 0. The molecule has 0 radical (unpaired) electrons. The Bertz CT molecular complexity index is 807. The van der Waals surface area contributed by atoms with Gasteiger partial charge in [-0.15, -0.1) is 0 Å². The zero-order valence-corrected chi connectivity index (χ0v) is 13.6. The molecule has 3 atom stereocenters. The van der Waals surface area contributed by atoms with Crippen LogP contribution in [0.25, 0.3) is 0 Å². The second kappa shape index (κ2) is 6.74. The highest BCUT2D eigenvalue weighted by atomic mass is 19.4. The fourth-order valence-corrected chi connectivity index (χ4v) is 3.21. The van der Waals surface area contributed by atoms with Gasteiger partial charge in [-0.1, -0.05) is 53.7 Å². The van der Waals surface area contributed by atoms with Crippen molar-refractivity contribution in [1.82, 2.24) is 0 Å². The summed E-state index contributed by atoms with van der Waals surface area (Å²) >= 11 is 0. The molecule has 0 saturated carbocycles. The zero-order chi connectivity index (χ0) is 18.1. The van der Waals surface area contributed by atoms with E-state index in [9.17, 15) is 13.2 Å². The number of alkyl halides is 3. The van der Waals surface area contributed by atoms with Crippen LogP contribution in [0.1, 0.15) is 23.0 Å². The first kappa shape index (κ1) is 17.1. The molecule has 2 aliphatic rings. The normalized spacial score (nSPS) is 25.8. The standard InChI is InChI=1S/C19H16F3NO3/c20-19(21,22)15-9-5-4-8-13(15)18-24-10-14-16(11-25-18)26-23-17(14)12-6-2-1-3-7-12/h1-9,14,16,18H,10-11H2/t14-,16+,18-/m0/s1. The third-order valence-electron chi connectivity index (χ3n) is 4.52. The first-order valence-electron chi connectivity index (χ1n) is 8.22. The maximum atomic E-state index is 13.3. The lowest BCUT2D eigenvalue weighted by atomic mass is 9.93. The number of fused-ring (bicyclic) bond motifs is 1. The molecule has 2 heterocycles. The summed E-state index contributed by atoms with van der Waals surface area (Å²) in [4.78, 5) is 5.45. The van der Waals surface area contributed by atoms with Gasteiger partial charge in [0, 0.05) is 5.56 Å². The summed E-state index contributed by atoms with van der Waals surface area (Å²) in [5.41, 5.74) is 0.842. The molecule has 7 heteroatoms. The van der Waals surface area contributed by atoms with E-state index in [-0.39, 0.29) is 30.8 Å². The van der Waals surface area contributed by atoms with Gasteiger partial charge in [-0.3, -0.25) is 0 Å². The van der Waals surface area contributed by atoms with E-state index in [2.05, 4.69) is 5.16 Å². The average molecular weight is 363 g/mol. The van der Waals surface area contributed by atoms with Crippen LogP contribution in [0, 0.1) is 5.92 Å². The van der Waals surface area contributed by atoms with Gasteiger partial charge in [0.15, 0.2) is 12.4 Å². The lowest BCUT2D eigenvalue weighted by molar-refractivity contribution is -0.157. The second-order valence-electron chi connectivity index (χ2n) is 6.18. The molecule has 2 aromatic carbocycles. The summed E-state index contributed by atoms with van der Waals surface area (Å²) in [6, 6.07) is 14.8. The predicted octanol–water partition coefficient (Wildman–Crippen LogP) is 4.17. The summed E-state index contributed by atoms with van der Waals surface area (Å²) in [7, 11) is 0. The van der Waals surface area contributed by atoms with Crippen LogP contribution in [-0.2, 0) is 20.5 Å². The Kier molecular flexibility index (Phi) is 4.42. The van der Waals surface area contributed by atoms with Crippen molar-refractivity contribution in [3.05, 3.63) is 71.3 Å². The van der Waals surface area contributed by atoms with Crippen molar-refractivity contribution < 1.29 is 27.5 Å². The van der Waals surface area contributed by atoms with E-state index in [1.807, 2.05) is 30.3 Å². The summed E-state index contributed by atoms with van der Waals surface area (Å²) < 4.78 is 51.1. The smallest absolute Gasteiger partial charge is 0.389 e. The molecule has 0 spiro atoms. The van der Waals surface area contributed by atoms with Crippen LogP contribution in [0.15, 0.2) is 59.8 Å². The minimum absolute atomic E-state index is 0.0295. The van der Waals surface area contributed by atoms with Crippen molar-refractivity contribution in [1.29, 1.82) is 0 Å². The van der Waals surface area contributed by atoms with E-state index in [0.29, 0.717) is 0 Å². The third kappa shape index (κ3) is 3.20. The van der Waals surface area contributed by atoms with Crippen molar-refractivity contribution in [3.63, 3.8) is 0 Å². The number of rotatable bonds is 2. The van der Waals surface area contributed by atoms with Gasteiger partial charge in [-0.05, 0) is 11.6 Å². The molecule has 0 aliphatic carbocycles. The maximum Gasteiger partial charge on any atom is 0.416 e. The lowest BCUT2D eigenvalue weighted by Crippen LogP contribution is -2.29. The number of ether oxygens (including phenoxy) is 2. The zero-order valence-electron chi connectivity index (χ0n) is 13.6. The van der Waals surface area contributed by atoms with Crippen molar-refractivity contribution in [2.45, 2.75) is 18.6 Å². The van der Waals surface area contributed by atoms with E-state index in [4.69, 9.17) is 14.3 Å². The molecule has 2 aliphatic heterocycles. The molecule has 0 N–H and O–H groups in total. The molecule has 2 aromatic rings. The van der Waals surface area contributed by atoms with Gasteiger partial charge in [0.05, 0.1) is 30.4 Å². The van der Waals surface area contributed by atoms with Gasteiger partial charge in [0.2, 0.25) is 0 Å². The first-order valence-corrected chi connectivity index (χ1v) is 8.22. The van der Waals surface area contributed by atoms with E-state index < -0.39 is 18.0 Å². The number of hydrogen-bond acceptors (Lipinski definition) is 4. The van der Waals surface area contributed by atoms with Gasteiger partial charge < -0.3 is 14.3 Å². The number of nitrogens with zero attached hydrogens (tertiary/aromatic N) is 1. The van der Waals surface area contributed by atoms with Crippen molar-refractivity contribution >= 4 is 5.71 Å². The molecule has 4 nitrogen and oxygen atoms in total. The van der Waals surface area contributed by atoms with Crippen LogP contribution in [0.5, 0.6) is 0 Å². The molecular weight excluding hydrogens is 347 g/mol. The van der Waals surface area contributed by atoms with E-state index in [0.717, 1.165) is 17.3 Å². The maximum absolute atomic E-state index is 13.3. The molecule has 136 valence electrons. The summed E-state index contributed by atoms with van der Waals surface area (Å²) in [5, 5.41) is 4.12. The molecular formula is C19H16F3NO3. The molecule has 0 aromatic heterocycles. The van der Waals surface area contributed by atoms with Gasteiger partial charge >= 0.3 is 6.18 Å². The summed E-state index contributed by atoms with van der Waals surface area (Å²) in [6.45, 7) is 0.261. The summed E-state index contributed by atoms with van der Waals surface area (Å²) in [6.07, 6.45) is -5.95. The topological polar surface area (TPSA) is 40.0 Å². The van der Waals surface area contributed by atoms with Crippen LogP contribution in [0.3, 0.4) is 0 Å². The highest BCUT2D eigenvalue weighted by Crippen LogP contribution is 2.38. The molecule has 1 saturated heterocycles. The minimum Gasteiger partial charge on any atom is -0.389 e. The van der Waals surface area contributed by atoms with Gasteiger partial charge in [0.25, 0.3) is 0 Å². The minimum atomic E-state index is -4.47. The monoisotopic (exact) mass is 363 g/mol. The third-order valence-corrected chi connectivity index (χ3v) is 4.52. The molecule has 4 rings (SSSR count). The van der Waals surface area contributed by atoms with E-state index >= 15 is 0 Å². The van der Waals surface area contributed by atoms with Crippen LogP contribution >= 0.6 is 0 Å². The van der Waals surface area contributed by atoms with Crippen molar-refractivity contribution in [2.75, 3.05) is 13.2 Å². The van der Waals surface area contributed by atoms with Crippen molar-refractivity contribution in [2.24, 2.45) is 11.1 Å². The Morgan fingerprint density at radius 3 is 2.35 bits per heavy atom. The van der Waals surface area contributed by atoms with Crippen LogP contribution in [0.4, 0.5) is 13.2 Å². The van der Waals surface area contributed by atoms with Crippen LogP contribution < -0.4 is 0 Å². The Labute approximate surface area is 148 Å². The van der Waals surface area contributed by atoms with Crippen LogP contribution in [-0.4, -0.2) is 25.0 Å². The molecule has 26 heavy (non-hydrogen) atoms. The number of benzene rings is 2. The quantitative estimate of drug-likeness (QED) is 0.804. The molecule has 0 bridgehead atoms. The molecule has 0 unspecified atom stereocenters. The fourth-order valence-electron chi connectivity index (χ4n) is 3.21. The van der Waals surface area contributed by atoms with E-state index in [1.165, 1.54) is 18.2 Å². The SMILES string of the molecule is FC(F)(F)c1ccccc1[C@H]1OC[C@@H]2C(c3ccccc3)=NO[C@@H]2CO1. The summed E-state index contributed by atoms with van der Waals surface area (Å²) in [5.74, 6) is -0.194. The van der Waals surface area contributed by atoms with Crippen molar-refractivity contribution in [3.8, 4) is 0 Å². The van der Waals surface area contributed by atoms with Crippen LogP contribution in [0.2, 0.25) is 0 Å². The number of oxime groups is 1. The lowest BCUT2D eigenvalue weighted by Gasteiger charge is -2.20. The van der Waals surface area contributed by atoms with Gasteiger partial charge in [-0.2, -0.15) is 13.2 Å². The Morgan fingerprint density at radius 1 is 0.885 bits per heavy atom.